The first-order valence-electron chi connectivity index (χ1n) is 3.70. The molecule has 0 rings (SSSR count). The highest BCUT2D eigenvalue weighted by Gasteiger charge is 1.99. The van der Waals surface area contributed by atoms with Crippen LogP contribution < -0.4 is 5.32 Å². The Labute approximate surface area is 68.1 Å². The van der Waals surface area contributed by atoms with Crippen molar-refractivity contribution in [2.75, 3.05) is 27.2 Å². The van der Waals surface area contributed by atoms with Crippen LogP contribution in [-0.2, 0) is 4.79 Å². The Kier molecular flexibility index (Phi) is 5.47. The Morgan fingerprint density at radius 1 is 1.55 bits per heavy atom. The van der Waals surface area contributed by atoms with E-state index in [2.05, 4.69) is 5.32 Å². The molecule has 11 heavy (non-hydrogen) atoms. The quantitative estimate of drug-likeness (QED) is 0.467. The van der Waals surface area contributed by atoms with Crippen LogP contribution in [0.5, 0.6) is 0 Å². The maximum absolute atomic E-state index is 10.9. The summed E-state index contributed by atoms with van der Waals surface area (Å²) in [5.41, 5.74) is 0. The zero-order chi connectivity index (χ0) is 8.69. The number of allylic oxidation sites excluding steroid dienone is 1. The summed E-state index contributed by atoms with van der Waals surface area (Å²) in [6.45, 7) is 3.13. The van der Waals surface area contributed by atoms with Crippen LogP contribution in [0.2, 0.25) is 0 Å². The lowest BCUT2D eigenvalue weighted by Gasteiger charge is -2.09. The third kappa shape index (κ3) is 5.61. The van der Waals surface area contributed by atoms with Crippen LogP contribution in [0.25, 0.3) is 0 Å². The average molecular weight is 156 g/mol. The molecule has 0 heterocycles. The average Bonchev–Trinajstić information content (AvgIpc) is 1.97. The smallest absolute Gasteiger partial charge is 0.236 e. The van der Waals surface area contributed by atoms with Gasteiger partial charge < -0.3 is 10.2 Å². The highest BCUT2D eigenvalue weighted by Crippen LogP contribution is 1.75. The molecule has 0 aliphatic carbocycles. The van der Waals surface area contributed by atoms with E-state index in [9.17, 15) is 4.79 Å². The van der Waals surface area contributed by atoms with Gasteiger partial charge >= 0.3 is 0 Å². The van der Waals surface area contributed by atoms with Gasteiger partial charge in [0.15, 0.2) is 0 Å². The molecular formula is C8H16N2O. The number of hydrogen-bond donors (Lipinski definition) is 1. The first kappa shape index (κ1) is 10.2. The Balaban J connectivity index is 3.32. The number of carbonyl (C=O) groups is 1. The number of amides is 1. The van der Waals surface area contributed by atoms with Crippen LogP contribution in [-0.4, -0.2) is 38.0 Å². The monoisotopic (exact) mass is 156 g/mol. The number of rotatable bonds is 4. The third-order valence-corrected chi connectivity index (χ3v) is 1.27. The third-order valence-electron chi connectivity index (χ3n) is 1.27. The number of hydrogen-bond acceptors (Lipinski definition) is 2. The molecule has 1 N–H and O–H groups in total. The van der Waals surface area contributed by atoms with Crippen molar-refractivity contribution in [2.24, 2.45) is 0 Å². The summed E-state index contributed by atoms with van der Waals surface area (Å²) in [5.74, 6) is 0.106. The first-order valence-corrected chi connectivity index (χ1v) is 3.70. The van der Waals surface area contributed by atoms with Gasteiger partial charge in [-0.15, -0.1) is 0 Å². The molecule has 0 atom stereocenters. The molecule has 3 heteroatoms. The van der Waals surface area contributed by atoms with Crippen molar-refractivity contribution in [3.63, 3.8) is 0 Å². The highest BCUT2D eigenvalue weighted by atomic mass is 16.2. The zero-order valence-corrected chi connectivity index (χ0v) is 7.42. The van der Waals surface area contributed by atoms with Crippen molar-refractivity contribution in [1.29, 1.82) is 0 Å². The van der Waals surface area contributed by atoms with Crippen LogP contribution >= 0.6 is 0 Å². The molecule has 0 unspecified atom stereocenters. The van der Waals surface area contributed by atoms with E-state index in [-0.39, 0.29) is 5.91 Å². The predicted molar refractivity (Wildman–Crippen MR) is 46.4 cm³/mol. The minimum absolute atomic E-state index is 0.106. The molecular weight excluding hydrogens is 140 g/mol. The molecule has 0 aromatic rings. The van der Waals surface area contributed by atoms with E-state index in [0.717, 1.165) is 6.54 Å². The number of nitrogens with one attached hydrogen (secondary N) is 1. The van der Waals surface area contributed by atoms with E-state index in [1.165, 1.54) is 0 Å². The second-order valence-corrected chi connectivity index (χ2v) is 2.49. The van der Waals surface area contributed by atoms with Crippen LogP contribution in [0.1, 0.15) is 6.92 Å². The molecule has 0 aromatic carbocycles. The second-order valence-electron chi connectivity index (χ2n) is 2.49. The molecule has 0 aliphatic heterocycles. The predicted octanol–water partition coefficient (Wildman–Crippen LogP) is 0.240. The maximum Gasteiger partial charge on any atom is 0.236 e. The summed E-state index contributed by atoms with van der Waals surface area (Å²) < 4.78 is 0. The minimum atomic E-state index is 0.106. The summed E-state index contributed by atoms with van der Waals surface area (Å²) >= 11 is 0. The van der Waals surface area contributed by atoms with Crippen molar-refractivity contribution in [3.8, 4) is 0 Å². The van der Waals surface area contributed by atoms with E-state index < -0.39 is 0 Å². The summed E-state index contributed by atoms with van der Waals surface area (Å²) in [7, 11) is 3.50. The van der Waals surface area contributed by atoms with E-state index in [1.807, 2.05) is 19.1 Å². The molecule has 0 aliphatic rings. The number of likely N-dealkylation sites (N-methyl/N-ethyl adjacent to an activating group) is 1. The Morgan fingerprint density at radius 2 is 2.18 bits per heavy atom. The van der Waals surface area contributed by atoms with Gasteiger partial charge in [0.05, 0.1) is 6.54 Å². The van der Waals surface area contributed by atoms with Crippen molar-refractivity contribution in [1.82, 2.24) is 10.2 Å². The topological polar surface area (TPSA) is 32.3 Å². The van der Waals surface area contributed by atoms with Gasteiger partial charge in [-0.1, -0.05) is 12.2 Å². The second kappa shape index (κ2) is 5.92. The molecule has 1 amide bonds. The van der Waals surface area contributed by atoms with Crippen molar-refractivity contribution in [3.05, 3.63) is 12.2 Å². The van der Waals surface area contributed by atoms with Gasteiger partial charge in [0, 0.05) is 20.6 Å². The summed E-state index contributed by atoms with van der Waals surface area (Å²) in [6.07, 6.45) is 3.93. The van der Waals surface area contributed by atoms with Gasteiger partial charge in [0.2, 0.25) is 5.91 Å². The minimum Gasteiger partial charge on any atom is -0.348 e. The van der Waals surface area contributed by atoms with Crippen LogP contribution in [0, 0.1) is 0 Å². The van der Waals surface area contributed by atoms with Gasteiger partial charge in [-0.2, -0.15) is 0 Å². The van der Waals surface area contributed by atoms with E-state index >= 15 is 0 Å². The molecule has 0 radical (unpaired) electrons. The molecule has 0 saturated heterocycles. The zero-order valence-electron chi connectivity index (χ0n) is 7.42. The molecule has 0 bridgehead atoms. The van der Waals surface area contributed by atoms with Gasteiger partial charge in [0.25, 0.3) is 0 Å². The van der Waals surface area contributed by atoms with Gasteiger partial charge in [-0.05, 0) is 6.92 Å². The molecule has 0 fully saturated rings. The fourth-order valence-corrected chi connectivity index (χ4v) is 0.538. The summed E-state index contributed by atoms with van der Waals surface area (Å²) in [4.78, 5) is 12.5. The van der Waals surface area contributed by atoms with E-state index in [1.54, 1.807) is 19.0 Å². The first-order chi connectivity index (χ1) is 5.18. The fraction of sp³-hybridized carbons (Fsp3) is 0.625. The summed E-state index contributed by atoms with van der Waals surface area (Å²) in [6, 6.07) is 0. The summed E-state index contributed by atoms with van der Waals surface area (Å²) in [5, 5.41) is 2.99. The fourth-order valence-electron chi connectivity index (χ4n) is 0.538. The van der Waals surface area contributed by atoms with Gasteiger partial charge in [-0.25, -0.2) is 0 Å². The maximum atomic E-state index is 10.9. The van der Waals surface area contributed by atoms with Crippen molar-refractivity contribution in [2.45, 2.75) is 6.92 Å². The number of carbonyl (C=O) groups excluding carboxylic acids is 1. The Hall–Kier alpha value is -0.830. The number of nitrogens with zero attached hydrogens (tertiary/aromatic N) is 1. The lowest BCUT2D eigenvalue weighted by molar-refractivity contribution is -0.127. The van der Waals surface area contributed by atoms with Crippen LogP contribution in [0.15, 0.2) is 12.2 Å². The van der Waals surface area contributed by atoms with E-state index in [0.29, 0.717) is 6.54 Å². The Bertz CT molecular complexity index is 141. The Morgan fingerprint density at radius 3 is 2.64 bits per heavy atom. The van der Waals surface area contributed by atoms with Crippen molar-refractivity contribution >= 4 is 5.91 Å². The van der Waals surface area contributed by atoms with Gasteiger partial charge in [-0.3, -0.25) is 4.79 Å². The molecule has 0 saturated carbocycles. The normalized spacial score (nSPS) is 10.5. The SMILES string of the molecule is C/C=C/CNCC(=O)N(C)C. The molecule has 0 aromatic heterocycles. The lowest BCUT2D eigenvalue weighted by Crippen LogP contribution is -2.32. The largest absolute Gasteiger partial charge is 0.348 e. The molecule has 0 spiro atoms. The standard InChI is InChI=1S/C8H16N2O/c1-4-5-6-9-7-8(11)10(2)3/h4-5,9H,6-7H2,1-3H3/b5-4+. The van der Waals surface area contributed by atoms with Gasteiger partial charge in [0.1, 0.15) is 0 Å². The van der Waals surface area contributed by atoms with Crippen LogP contribution in [0.3, 0.4) is 0 Å². The van der Waals surface area contributed by atoms with E-state index in [4.69, 9.17) is 0 Å². The lowest BCUT2D eigenvalue weighted by atomic mass is 10.5. The highest BCUT2D eigenvalue weighted by molar-refractivity contribution is 5.77. The molecule has 3 nitrogen and oxygen atoms in total. The molecule has 64 valence electrons. The van der Waals surface area contributed by atoms with Crippen molar-refractivity contribution < 1.29 is 4.79 Å². The van der Waals surface area contributed by atoms with Crippen LogP contribution in [0.4, 0.5) is 0 Å².